The summed E-state index contributed by atoms with van der Waals surface area (Å²) in [7, 11) is 0. The van der Waals surface area contributed by atoms with Crippen molar-refractivity contribution in [3.63, 3.8) is 0 Å². The molecular formula is C13H13FN4OS. The molecule has 0 fully saturated rings. The molecule has 2 rings (SSSR count). The van der Waals surface area contributed by atoms with Gasteiger partial charge in [0.1, 0.15) is 11.6 Å². The van der Waals surface area contributed by atoms with E-state index in [-0.39, 0.29) is 11.7 Å². The van der Waals surface area contributed by atoms with E-state index in [1.165, 1.54) is 23.9 Å². The Morgan fingerprint density at radius 1 is 1.30 bits per heavy atom. The molecule has 1 amide bonds. The first kappa shape index (κ1) is 14.4. The zero-order chi connectivity index (χ0) is 14.5. The zero-order valence-electron chi connectivity index (χ0n) is 11.1. The first-order valence-electron chi connectivity index (χ1n) is 5.89. The number of thioether (sulfide) groups is 1. The van der Waals surface area contributed by atoms with E-state index in [2.05, 4.69) is 20.3 Å². The number of rotatable bonds is 4. The van der Waals surface area contributed by atoms with E-state index in [9.17, 15) is 9.18 Å². The molecule has 104 valence electrons. The smallest absolute Gasteiger partial charge is 0.236 e. The number of aromatic nitrogens is 3. The van der Waals surface area contributed by atoms with Gasteiger partial charge < -0.3 is 5.32 Å². The maximum atomic E-state index is 12.7. The van der Waals surface area contributed by atoms with Gasteiger partial charge >= 0.3 is 0 Å². The van der Waals surface area contributed by atoms with Crippen molar-refractivity contribution in [1.29, 1.82) is 0 Å². The van der Waals surface area contributed by atoms with Crippen LogP contribution in [0.3, 0.4) is 0 Å². The average molecular weight is 292 g/mol. The largest absolute Gasteiger partial charge is 0.310 e. The summed E-state index contributed by atoms with van der Waals surface area (Å²) in [6.45, 7) is 3.75. The summed E-state index contributed by atoms with van der Waals surface area (Å²) >= 11 is 1.24. The highest BCUT2D eigenvalue weighted by Crippen LogP contribution is 2.14. The molecule has 0 radical (unpaired) electrons. The van der Waals surface area contributed by atoms with Gasteiger partial charge in [-0.1, -0.05) is 11.8 Å². The lowest BCUT2D eigenvalue weighted by atomic mass is 10.4. The van der Waals surface area contributed by atoms with E-state index in [1.54, 1.807) is 0 Å². The molecule has 0 saturated carbocycles. The summed E-state index contributed by atoms with van der Waals surface area (Å²) in [6, 6.07) is 4.51. The van der Waals surface area contributed by atoms with Gasteiger partial charge in [-0.3, -0.25) is 4.79 Å². The van der Waals surface area contributed by atoms with E-state index >= 15 is 0 Å². The number of anilines is 1. The third-order valence-electron chi connectivity index (χ3n) is 2.29. The van der Waals surface area contributed by atoms with Crippen molar-refractivity contribution in [2.45, 2.75) is 19.0 Å². The third kappa shape index (κ3) is 4.27. The summed E-state index contributed by atoms with van der Waals surface area (Å²) < 4.78 is 12.7. The molecule has 0 unspecified atom stereocenters. The number of amides is 1. The number of nitrogens with one attached hydrogen (secondary N) is 1. The highest BCUT2D eigenvalue weighted by atomic mass is 32.2. The maximum absolute atomic E-state index is 12.7. The summed E-state index contributed by atoms with van der Waals surface area (Å²) in [5.74, 6) is -0.196. The van der Waals surface area contributed by atoms with E-state index < -0.39 is 5.82 Å². The lowest BCUT2D eigenvalue weighted by Gasteiger charge is -2.04. The van der Waals surface area contributed by atoms with Crippen LogP contribution in [0.4, 0.5) is 10.2 Å². The predicted molar refractivity (Wildman–Crippen MR) is 75.1 cm³/mol. The Labute approximate surface area is 120 Å². The molecule has 0 aliphatic rings. The minimum Gasteiger partial charge on any atom is -0.310 e. The SMILES string of the molecule is Cc1cc(C)nc(SCC(=O)Nc2ccc(F)cn2)n1. The summed E-state index contributed by atoms with van der Waals surface area (Å²) in [4.78, 5) is 23.9. The van der Waals surface area contributed by atoms with E-state index in [1.807, 2.05) is 19.9 Å². The highest BCUT2D eigenvalue weighted by Gasteiger charge is 2.07. The fraction of sp³-hybridized carbons (Fsp3) is 0.231. The van der Waals surface area contributed by atoms with E-state index in [4.69, 9.17) is 0 Å². The van der Waals surface area contributed by atoms with Crippen molar-refractivity contribution in [2.24, 2.45) is 0 Å². The second kappa shape index (κ2) is 6.42. The normalized spacial score (nSPS) is 10.3. The standard InChI is InChI=1S/C13H13FN4OS/c1-8-5-9(2)17-13(16-8)20-7-12(19)18-11-4-3-10(14)6-15-11/h3-6H,7H2,1-2H3,(H,15,18,19). The van der Waals surface area contributed by atoms with Gasteiger partial charge in [-0.25, -0.2) is 19.3 Å². The first-order chi connectivity index (χ1) is 9.52. The fourth-order valence-electron chi connectivity index (χ4n) is 1.52. The number of carbonyl (C=O) groups excluding carboxylic acids is 1. The highest BCUT2D eigenvalue weighted by molar-refractivity contribution is 7.99. The third-order valence-corrected chi connectivity index (χ3v) is 3.14. The summed E-state index contributed by atoms with van der Waals surface area (Å²) in [6.07, 6.45) is 1.05. The van der Waals surface area contributed by atoms with Crippen LogP contribution in [-0.4, -0.2) is 26.6 Å². The topological polar surface area (TPSA) is 67.8 Å². The van der Waals surface area contributed by atoms with Crippen LogP contribution in [0, 0.1) is 19.7 Å². The zero-order valence-corrected chi connectivity index (χ0v) is 11.9. The molecule has 0 spiro atoms. The Morgan fingerprint density at radius 3 is 2.60 bits per heavy atom. The maximum Gasteiger partial charge on any atom is 0.236 e. The van der Waals surface area contributed by atoms with Crippen LogP contribution in [0.25, 0.3) is 0 Å². The van der Waals surface area contributed by atoms with E-state index in [0.29, 0.717) is 11.0 Å². The molecule has 0 aromatic carbocycles. The number of hydrogen-bond acceptors (Lipinski definition) is 5. The van der Waals surface area contributed by atoms with Crippen LogP contribution in [0.5, 0.6) is 0 Å². The van der Waals surface area contributed by atoms with Crippen molar-refractivity contribution in [3.8, 4) is 0 Å². The van der Waals surface area contributed by atoms with Crippen LogP contribution < -0.4 is 5.32 Å². The van der Waals surface area contributed by atoms with Gasteiger partial charge in [0.25, 0.3) is 0 Å². The lowest BCUT2D eigenvalue weighted by molar-refractivity contribution is -0.113. The molecule has 0 aliphatic heterocycles. The minimum atomic E-state index is -0.444. The van der Waals surface area contributed by atoms with Crippen molar-refractivity contribution in [1.82, 2.24) is 15.0 Å². The first-order valence-corrected chi connectivity index (χ1v) is 6.88. The number of carbonyl (C=O) groups is 1. The Hall–Kier alpha value is -2.02. The number of pyridine rings is 1. The van der Waals surface area contributed by atoms with E-state index in [0.717, 1.165) is 17.6 Å². The van der Waals surface area contributed by atoms with Gasteiger partial charge in [0, 0.05) is 11.4 Å². The monoisotopic (exact) mass is 292 g/mol. The molecule has 20 heavy (non-hydrogen) atoms. The number of halogens is 1. The lowest BCUT2D eigenvalue weighted by Crippen LogP contribution is -2.15. The predicted octanol–water partition coefficient (Wildman–Crippen LogP) is 2.36. The Kier molecular flexibility index (Phi) is 4.62. The van der Waals surface area contributed by atoms with Gasteiger partial charge in [-0.2, -0.15) is 0 Å². The van der Waals surface area contributed by atoms with Crippen LogP contribution in [0.2, 0.25) is 0 Å². The average Bonchev–Trinajstić information content (AvgIpc) is 2.38. The Bertz CT molecular complexity index is 598. The number of aryl methyl sites for hydroxylation is 2. The summed E-state index contributed by atoms with van der Waals surface area (Å²) in [5, 5.41) is 3.14. The van der Waals surface area contributed by atoms with Gasteiger partial charge in [0.05, 0.1) is 11.9 Å². The quantitative estimate of drug-likeness (QED) is 0.692. The van der Waals surface area contributed by atoms with Crippen LogP contribution in [0.1, 0.15) is 11.4 Å². The number of hydrogen-bond donors (Lipinski definition) is 1. The Balaban J connectivity index is 1.90. The van der Waals surface area contributed by atoms with Crippen LogP contribution in [0.15, 0.2) is 29.6 Å². The van der Waals surface area contributed by atoms with Crippen molar-refractivity contribution >= 4 is 23.5 Å². The van der Waals surface area contributed by atoms with Crippen molar-refractivity contribution in [2.75, 3.05) is 11.1 Å². The van der Waals surface area contributed by atoms with Gasteiger partial charge in [0.2, 0.25) is 5.91 Å². The molecule has 1 N–H and O–H groups in total. The molecule has 2 heterocycles. The molecule has 2 aromatic rings. The van der Waals surface area contributed by atoms with Crippen molar-refractivity contribution < 1.29 is 9.18 Å². The van der Waals surface area contributed by atoms with Crippen molar-refractivity contribution in [3.05, 3.63) is 41.6 Å². The molecule has 0 atom stereocenters. The van der Waals surface area contributed by atoms with Gasteiger partial charge in [-0.15, -0.1) is 0 Å². The van der Waals surface area contributed by atoms with Crippen LogP contribution >= 0.6 is 11.8 Å². The molecule has 0 bridgehead atoms. The number of nitrogens with zero attached hydrogens (tertiary/aromatic N) is 3. The second-order valence-electron chi connectivity index (χ2n) is 4.13. The second-order valence-corrected chi connectivity index (χ2v) is 5.07. The Morgan fingerprint density at radius 2 is 2.00 bits per heavy atom. The fourth-order valence-corrected chi connectivity index (χ4v) is 2.27. The minimum absolute atomic E-state index is 0.169. The molecule has 7 heteroatoms. The summed E-state index contributed by atoms with van der Waals surface area (Å²) in [5.41, 5.74) is 1.72. The molecule has 0 aliphatic carbocycles. The van der Waals surface area contributed by atoms with Gasteiger partial charge in [-0.05, 0) is 32.0 Å². The van der Waals surface area contributed by atoms with Crippen LogP contribution in [-0.2, 0) is 4.79 Å². The molecule has 0 saturated heterocycles. The molecular weight excluding hydrogens is 279 g/mol. The molecule has 2 aromatic heterocycles. The molecule has 5 nitrogen and oxygen atoms in total. The van der Waals surface area contributed by atoms with Gasteiger partial charge in [0.15, 0.2) is 5.16 Å².